The van der Waals surface area contributed by atoms with Crippen molar-refractivity contribution in [1.29, 1.82) is 0 Å². The molecular weight excluding hydrogens is 372 g/mol. The zero-order valence-corrected chi connectivity index (χ0v) is 16.1. The SMILES string of the molecule is COc1ccc(N2CC(C(=O)Nc3cc(-n4ccnc4C)ncn3)CC2=O)cc1. The second-order valence-corrected chi connectivity index (χ2v) is 6.70. The van der Waals surface area contributed by atoms with Crippen LogP contribution in [-0.2, 0) is 9.59 Å². The van der Waals surface area contributed by atoms with Crippen molar-refractivity contribution in [3.8, 4) is 11.6 Å². The van der Waals surface area contributed by atoms with Crippen LogP contribution in [0.1, 0.15) is 12.2 Å². The van der Waals surface area contributed by atoms with Gasteiger partial charge in [0.15, 0.2) is 0 Å². The zero-order chi connectivity index (χ0) is 20.4. The summed E-state index contributed by atoms with van der Waals surface area (Å²) in [6.07, 6.45) is 4.99. The van der Waals surface area contributed by atoms with Gasteiger partial charge in [-0.05, 0) is 31.2 Å². The summed E-state index contributed by atoms with van der Waals surface area (Å²) in [6, 6.07) is 8.86. The van der Waals surface area contributed by atoms with Gasteiger partial charge in [-0.25, -0.2) is 15.0 Å². The molecule has 0 radical (unpaired) electrons. The Morgan fingerprint density at radius 3 is 2.69 bits per heavy atom. The predicted octanol–water partition coefficient (Wildman–Crippen LogP) is 1.97. The van der Waals surface area contributed by atoms with E-state index in [-0.39, 0.29) is 18.2 Å². The molecule has 1 N–H and O–H groups in total. The first kappa shape index (κ1) is 18.6. The van der Waals surface area contributed by atoms with Crippen molar-refractivity contribution >= 4 is 23.3 Å². The number of imidazole rings is 1. The lowest BCUT2D eigenvalue weighted by atomic mass is 10.1. The van der Waals surface area contributed by atoms with Crippen LogP contribution in [0.25, 0.3) is 5.82 Å². The summed E-state index contributed by atoms with van der Waals surface area (Å²) in [6.45, 7) is 2.17. The second-order valence-electron chi connectivity index (χ2n) is 6.70. The summed E-state index contributed by atoms with van der Waals surface area (Å²) >= 11 is 0. The number of methoxy groups -OCH3 is 1. The molecule has 0 saturated carbocycles. The Morgan fingerprint density at radius 1 is 1.21 bits per heavy atom. The fourth-order valence-electron chi connectivity index (χ4n) is 3.29. The second kappa shape index (κ2) is 7.70. The summed E-state index contributed by atoms with van der Waals surface area (Å²) < 4.78 is 6.94. The average Bonchev–Trinajstić information content (AvgIpc) is 3.34. The van der Waals surface area contributed by atoms with Crippen LogP contribution in [-0.4, -0.2) is 45.0 Å². The highest BCUT2D eigenvalue weighted by Crippen LogP contribution is 2.27. The third kappa shape index (κ3) is 3.79. The Balaban J connectivity index is 1.45. The van der Waals surface area contributed by atoms with Gasteiger partial charge in [0.05, 0.1) is 13.0 Å². The predicted molar refractivity (Wildman–Crippen MR) is 106 cm³/mol. The highest BCUT2D eigenvalue weighted by atomic mass is 16.5. The molecule has 0 aliphatic carbocycles. The Morgan fingerprint density at radius 2 is 2.00 bits per heavy atom. The van der Waals surface area contributed by atoms with E-state index in [0.29, 0.717) is 23.9 Å². The Kier molecular flexibility index (Phi) is 4.94. The summed E-state index contributed by atoms with van der Waals surface area (Å²) in [5.74, 6) is 1.67. The number of hydrogen-bond donors (Lipinski definition) is 1. The van der Waals surface area contributed by atoms with E-state index >= 15 is 0 Å². The molecule has 0 spiro atoms. The van der Waals surface area contributed by atoms with Crippen LogP contribution in [0.3, 0.4) is 0 Å². The number of rotatable bonds is 5. The van der Waals surface area contributed by atoms with Gasteiger partial charge in [0.25, 0.3) is 0 Å². The molecule has 1 aliphatic heterocycles. The van der Waals surface area contributed by atoms with Crippen LogP contribution in [0, 0.1) is 12.8 Å². The number of amides is 2. The highest BCUT2D eigenvalue weighted by Gasteiger charge is 2.35. The standard InChI is InChI=1S/C20H20N6O3/c1-13-21-7-8-25(13)18-10-17(22-12-23-18)24-20(28)14-9-19(27)26(11-14)15-3-5-16(29-2)6-4-15/h3-8,10,12,14H,9,11H2,1-2H3,(H,22,23,24,28). The van der Waals surface area contributed by atoms with Crippen molar-refractivity contribution in [3.63, 3.8) is 0 Å². The minimum Gasteiger partial charge on any atom is -0.497 e. The van der Waals surface area contributed by atoms with Crippen LogP contribution < -0.4 is 15.0 Å². The van der Waals surface area contributed by atoms with Crippen LogP contribution in [0.15, 0.2) is 49.1 Å². The molecule has 3 heterocycles. The molecule has 9 nitrogen and oxygen atoms in total. The molecule has 1 aliphatic rings. The molecule has 2 amide bonds. The van der Waals surface area contributed by atoms with Crippen LogP contribution in [0.2, 0.25) is 0 Å². The van der Waals surface area contributed by atoms with Gasteiger partial charge in [-0.2, -0.15) is 0 Å². The lowest BCUT2D eigenvalue weighted by Gasteiger charge is -2.17. The van der Waals surface area contributed by atoms with E-state index in [9.17, 15) is 9.59 Å². The number of carbonyl (C=O) groups is 2. The van der Waals surface area contributed by atoms with Gasteiger partial charge in [0.2, 0.25) is 11.8 Å². The van der Waals surface area contributed by atoms with Gasteiger partial charge in [-0.1, -0.05) is 0 Å². The molecule has 1 aromatic carbocycles. The van der Waals surface area contributed by atoms with Crippen molar-refractivity contribution < 1.29 is 14.3 Å². The number of aryl methyl sites for hydroxylation is 1. The number of aromatic nitrogens is 4. The van der Waals surface area contributed by atoms with Crippen molar-refractivity contribution in [2.45, 2.75) is 13.3 Å². The molecule has 148 valence electrons. The first-order chi connectivity index (χ1) is 14.0. The summed E-state index contributed by atoms with van der Waals surface area (Å²) in [4.78, 5) is 39.2. The van der Waals surface area contributed by atoms with Crippen molar-refractivity contribution in [3.05, 3.63) is 54.9 Å². The first-order valence-corrected chi connectivity index (χ1v) is 9.13. The number of carbonyl (C=O) groups excluding carboxylic acids is 2. The normalized spacial score (nSPS) is 16.1. The minimum atomic E-state index is -0.460. The Bertz CT molecular complexity index is 1050. The fourth-order valence-corrected chi connectivity index (χ4v) is 3.29. The largest absolute Gasteiger partial charge is 0.497 e. The first-order valence-electron chi connectivity index (χ1n) is 9.13. The van der Waals surface area contributed by atoms with Crippen LogP contribution in [0.4, 0.5) is 11.5 Å². The van der Waals surface area contributed by atoms with Gasteiger partial charge < -0.3 is 15.0 Å². The van der Waals surface area contributed by atoms with Crippen molar-refractivity contribution in [2.24, 2.45) is 5.92 Å². The number of hydrogen-bond acceptors (Lipinski definition) is 6. The molecule has 2 aromatic heterocycles. The molecule has 1 unspecified atom stereocenters. The molecule has 9 heteroatoms. The molecule has 29 heavy (non-hydrogen) atoms. The monoisotopic (exact) mass is 392 g/mol. The quantitative estimate of drug-likeness (QED) is 0.712. The van der Waals surface area contributed by atoms with E-state index in [0.717, 1.165) is 11.5 Å². The summed E-state index contributed by atoms with van der Waals surface area (Å²) in [5.41, 5.74) is 0.742. The number of anilines is 2. The van der Waals surface area contributed by atoms with E-state index in [1.807, 2.05) is 6.92 Å². The van der Waals surface area contributed by atoms with Gasteiger partial charge >= 0.3 is 0 Å². The maximum absolute atomic E-state index is 12.7. The molecule has 4 rings (SSSR count). The third-order valence-electron chi connectivity index (χ3n) is 4.86. The number of nitrogens with zero attached hydrogens (tertiary/aromatic N) is 5. The van der Waals surface area contributed by atoms with E-state index < -0.39 is 5.92 Å². The van der Waals surface area contributed by atoms with Gasteiger partial charge in [-0.3, -0.25) is 14.2 Å². The van der Waals surface area contributed by atoms with Crippen molar-refractivity contribution in [1.82, 2.24) is 19.5 Å². The van der Waals surface area contributed by atoms with Crippen LogP contribution in [0.5, 0.6) is 5.75 Å². The molecular formula is C20H20N6O3. The number of benzene rings is 1. The topological polar surface area (TPSA) is 102 Å². The zero-order valence-electron chi connectivity index (χ0n) is 16.1. The highest BCUT2D eigenvalue weighted by molar-refractivity contribution is 6.03. The summed E-state index contributed by atoms with van der Waals surface area (Å²) in [7, 11) is 1.59. The van der Waals surface area contributed by atoms with E-state index in [1.54, 1.807) is 59.3 Å². The van der Waals surface area contributed by atoms with Gasteiger partial charge in [-0.15, -0.1) is 0 Å². The Labute approximate surface area is 167 Å². The Hall–Kier alpha value is -3.75. The van der Waals surface area contributed by atoms with E-state index in [4.69, 9.17) is 4.74 Å². The van der Waals surface area contributed by atoms with E-state index in [2.05, 4.69) is 20.3 Å². The van der Waals surface area contributed by atoms with Gasteiger partial charge in [0.1, 0.15) is 29.5 Å². The molecule has 3 aromatic rings. The lowest BCUT2D eigenvalue weighted by Crippen LogP contribution is -2.28. The van der Waals surface area contributed by atoms with Crippen LogP contribution >= 0.6 is 0 Å². The van der Waals surface area contributed by atoms with Crippen molar-refractivity contribution in [2.75, 3.05) is 23.9 Å². The maximum atomic E-state index is 12.7. The molecule has 0 bridgehead atoms. The van der Waals surface area contributed by atoms with Gasteiger partial charge in [0, 0.05) is 37.1 Å². The maximum Gasteiger partial charge on any atom is 0.230 e. The third-order valence-corrected chi connectivity index (χ3v) is 4.86. The fraction of sp³-hybridized carbons (Fsp3) is 0.250. The smallest absolute Gasteiger partial charge is 0.230 e. The average molecular weight is 392 g/mol. The number of ether oxygens (including phenoxy) is 1. The minimum absolute atomic E-state index is 0.0901. The summed E-state index contributed by atoms with van der Waals surface area (Å²) in [5, 5.41) is 2.79. The van der Waals surface area contributed by atoms with E-state index in [1.165, 1.54) is 6.33 Å². The molecule has 1 atom stereocenters. The lowest BCUT2D eigenvalue weighted by molar-refractivity contribution is -0.122. The molecule has 1 fully saturated rings. The number of nitrogens with one attached hydrogen (secondary N) is 1. The molecule has 1 saturated heterocycles.